The molecule has 0 saturated heterocycles. The zero-order valence-corrected chi connectivity index (χ0v) is 22.0. The number of carbonyl (C=O) groups excluding carboxylic acids is 2. The molecule has 0 bridgehead atoms. The van der Waals surface area contributed by atoms with Gasteiger partial charge in [-0.05, 0) is 68.7 Å². The molecule has 0 radical (unpaired) electrons. The fourth-order valence-corrected chi connectivity index (χ4v) is 5.28. The second kappa shape index (κ2) is 11.1. The lowest BCUT2D eigenvalue weighted by molar-refractivity contribution is -0.143. The number of rotatable bonds is 6. The summed E-state index contributed by atoms with van der Waals surface area (Å²) in [4.78, 5) is 28.3. The fraction of sp³-hybridized carbons (Fsp3) is 0.290. The summed E-state index contributed by atoms with van der Waals surface area (Å²) >= 11 is 0. The van der Waals surface area contributed by atoms with E-state index in [-0.39, 0.29) is 22.9 Å². The van der Waals surface area contributed by atoms with Crippen molar-refractivity contribution in [1.29, 1.82) is 5.26 Å². The highest BCUT2D eigenvalue weighted by molar-refractivity contribution is 6.20. The molecule has 1 aromatic heterocycles. The Balaban J connectivity index is 1.66. The zero-order chi connectivity index (χ0) is 27.5. The van der Waals surface area contributed by atoms with Gasteiger partial charge in [0.25, 0.3) is 11.8 Å². The Kier molecular flexibility index (Phi) is 7.42. The first-order chi connectivity index (χ1) is 18.9. The Bertz CT molecular complexity index is 1520. The summed E-state index contributed by atoms with van der Waals surface area (Å²) in [5.74, 6) is -1.32. The van der Waals surface area contributed by atoms with Gasteiger partial charge in [0.05, 0.1) is 12.3 Å². The SMILES string of the molecule is CCOc1ccc(-c2nn(-c3ccccc3)cc2/C=C2/C(=O)N(C3CCCCC3)C(=O)C(C#N)=C2C)cc1F. The van der Waals surface area contributed by atoms with Crippen molar-refractivity contribution < 1.29 is 18.7 Å². The van der Waals surface area contributed by atoms with Crippen LogP contribution in [0.5, 0.6) is 5.75 Å². The van der Waals surface area contributed by atoms with E-state index in [0.717, 1.165) is 37.8 Å². The van der Waals surface area contributed by atoms with Crippen molar-refractivity contribution in [3.05, 3.63) is 82.8 Å². The number of benzene rings is 2. The predicted molar refractivity (Wildman–Crippen MR) is 145 cm³/mol. The van der Waals surface area contributed by atoms with Gasteiger partial charge in [-0.2, -0.15) is 10.4 Å². The van der Waals surface area contributed by atoms with E-state index >= 15 is 0 Å². The number of halogens is 1. The molecule has 39 heavy (non-hydrogen) atoms. The molecule has 7 nitrogen and oxygen atoms in total. The summed E-state index contributed by atoms with van der Waals surface area (Å²) in [6.45, 7) is 3.74. The second-order valence-electron chi connectivity index (χ2n) is 9.73. The third-order valence-electron chi connectivity index (χ3n) is 7.28. The monoisotopic (exact) mass is 524 g/mol. The number of hydrogen-bond acceptors (Lipinski definition) is 5. The van der Waals surface area contributed by atoms with Gasteiger partial charge in [0.2, 0.25) is 0 Å². The molecule has 0 unspecified atom stereocenters. The van der Waals surface area contributed by atoms with Gasteiger partial charge in [-0.1, -0.05) is 37.5 Å². The van der Waals surface area contributed by atoms with Crippen molar-refractivity contribution >= 4 is 17.9 Å². The predicted octanol–water partition coefficient (Wildman–Crippen LogP) is 6.00. The van der Waals surface area contributed by atoms with E-state index in [9.17, 15) is 19.2 Å². The molecule has 8 heteroatoms. The van der Waals surface area contributed by atoms with Crippen LogP contribution in [-0.2, 0) is 9.59 Å². The van der Waals surface area contributed by atoms with Crippen LogP contribution in [0, 0.1) is 17.1 Å². The minimum absolute atomic E-state index is 0.0319. The van der Waals surface area contributed by atoms with Crippen LogP contribution in [0.25, 0.3) is 23.0 Å². The third-order valence-corrected chi connectivity index (χ3v) is 7.28. The molecule has 0 N–H and O–H groups in total. The third kappa shape index (κ3) is 5.00. The molecular weight excluding hydrogens is 495 g/mol. The van der Waals surface area contributed by atoms with Crippen molar-refractivity contribution in [3.63, 3.8) is 0 Å². The smallest absolute Gasteiger partial charge is 0.271 e. The normalized spacial score (nSPS) is 17.6. The highest BCUT2D eigenvalue weighted by Crippen LogP contribution is 2.35. The molecule has 0 atom stereocenters. The number of imide groups is 1. The quantitative estimate of drug-likeness (QED) is 0.291. The van der Waals surface area contributed by atoms with Crippen molar-refractivity contribution in [1.82, 2.24) is 14.7 Å². The average molecular weight is 525 g/mol. The number of nitriles is 1. The van der Waals surface area contributed by atoms with E-state index < -0.39 is 17.6 Å². The number of carbonyl (C=O) groups is 2. The number of amides is 2. The lowest BCUT2D eigenvalue weighted by Gasteiger charge is -2.36. The molecular formula is C31H29FN4O3. The largest absolute Gasteiger partial charge is 0.491 e. The molecule has 1 aliphatic heterocycles. The lowest BCUT2D eigenvalue weighted by Crippen LogP contribution is -2.49. The molecule has 198 valence electrons. The maximum atomic E-state index is 14.8. The molecule has 2 heterocycles. The highest BCUT2D eigenvalue weighted by atomic mass is 19.1. The van der Waals surface area contributed by atoms with E-state index in [4.69, 9.17) is 9.84 Å². The van der Waals surface area contributed by atoms with Gasteiger partial charge in [-0.3, -0.25) is 14.5 Å². The number of aromatic nitrogens is 2. The number of ether oxygens (including phenoxy) is 1. The second-order valence-corrected chi connectivity index (χ2v) is 9.73. The Morgan fingerprint density at radius 1 is 1.10 bits per heavy atom. The zero-order valence-electron chi connectivity index (χ0n) is 22.0. The van der Waals surface area contributed by atoms with Crippen LogP contribution in [0.1, 0.15) is 51.5 Å². The van der Waals surface area contributed by atoms with Gasteiger partial charge in [0, 0.05) is 28.9 Å². The molecule has 2 aromatic carbocycles. The maximum absolute atomic E-state index is 14.8. The maximum Gasteiger partial charge on any atom is 0.271 e. The van der Waals surface area contributed by atoms with Crippen LogP contribution in [0.3, 0.4) is 0 Å². The number of hydrogen-bond donors (Lipinski definition) is 0. The lowest BCUT2D eigenvalue weighted by atomic mass is 9.88. The van der Waals surface area contributed by atoms with E-state index in [1.54, 1.807) is 42.9 Å². The van der Waals surface area contributed by atoms with E-state index in [1.165, 1.54) is 11.0 Å². The van der Waals surface area contributed by atoms with Crippen LogP contribution >= 0.6 is 0 Å². The average Bonchev–Trinajstić information content (AvgIpc) is 3.38. The summed E-state index contributed by atoms with van der Waals surface area (Å²) in [5, 5.41) is 14.6. The first-order valence-corrected chi connectivity index (χ1v) is 13.2. The number of para-hydroxylation sites is 1. The molecule has 1 fully saturated rings. The van der Waals surface area contributed by atoms with Crippen LogP contribution in [0.2, 0.25) is 0 Å². The molecule has 1 saturated carbocycles. The van der Waals surface area contributed by atoms with E-state index in [2.05, 4.69) is 0 Å². The molecule has 2 aliphatic rings. The van der Waals surface area contributed by atoms with Crippen LogP contribution < -0.4 is 4.74 Å². The van der Waals surface area contributed by atoms with Gasteiger partial charge in [-0.15, -0.1) is 0 Å². The molecule has 2 amide bonds. The van der Waals surface area contributed by atoms with E-state index in [1.807, 2.05) is 36.4 Å². The fourth-order valence-electron chi connectivity index (χ4n) is 5.28. The number of nitrogens with zero attached hydrogens (tertiary/aromatic N) is 4. The summed E-state index contributed by atoms with van der Waals surface area (Å²) in [7, 11) is 0. The van der Waals surface area contributed by atoms with Gasteiger partial charge < -0.3 is 4.74 Å². The highest BCUT2D eigenvalue weighted by Gasteiger charge is 2.40. The molecule has 5 rings (SSSR count). The van der Waals surface area contributed by atoms with Crippen LogP contribution in [0.15, 0.2) is 71.4 Å². The topological polar surface area (TPSA) is 88.2 Å². The first-order valence-electron chi connectivity index (χ1n) is 13.2. The van der Waals surface area contributed by atoms with Gasteiger partial charge in [0.15, 0.2) is 11.6 Å². The standard InChI is InChI=1S/C31H29FN4O3/c1-3-39-28-15-14-21(17-27(28)32)29-22(19-35(34-29)23-10-6-4-7-11-23)16-25-20(2)26(18-33)31(38)36(30(25)37)24-12-8-5-9-13-24/h4,6-7,10-11,14-17,19,24H,3,5,8-9,12-13H2,1-2H3/b25-16+. The van der Waals surface area contributed by atoms with Crippen molar-refractivity contribution in [2.24, 2.45) is 0 Å². The summed E-state index contributed by atoms with van der Waals surface area (Å²) in [6.07, 6.45) is 7.81. The molecule has 3 aromatic rings. The van der Waals surface area contributed by atoms with Crippen LogP contribution in [-0.4, -0.2) is 39.1 Å². The van der Waals surface area contributed by atoms with Crippen molar-refractivity contribution in [2.75, 3.05) is 6.61 Å². The van der Waals surface area contributed by atoms with Crippen molar-refractivity contribution in [3.8, 4) is 28.8 Å². The molecule has 1 aliphatic carbocycles. The molecule has 0 spiro atoms. The minimum Gasteiger partial charge on any atom is -0.491 e. The van der Waals surface area contributed by atoms with Crippen LogP contribution in [0.4, 0.5) is 4.39 Å². The first kappa shape index (κ1) is 26.1. The summed E-state index contributed by atoms with van der Waals surface area (Å²) in [6, 6.07) is 15.9. The Hall–Kier alpha value is -4.51. The minimum atomic E-state index is -0.530. The summed E-state index contributed by atoms with van der Waals surface area (Å²) in [5.41, 5.74) is 2.86. The Morgan fingerprint density at radius 2 is 1.85 bits per heavy atom. The van der Waals surface area contributed by atoms with Gasteiger partial charge in [-0.25, -0.2) is 9.07 Å². The van der Waals surface area contributed by atoms with Gasteiger partial charge >= 0.3 is 0 Å². The Morgan fingerprint density at radius 3 is 2.51 bits per heavy atom. The summed E-state index contributed by atoms with van der Waals surface area (Å²) < 4.78 is 21.9. The van der Waals surface area contributed by atoms with E-state index in [0.29, 0.717) is 29.0 Å². The van der Waals surface area contributed by atoms with Gasteiger partial charge in [0.1, 0.15) is 17.3 Å². The Labute approximate surface area is 226 Å². The van der Waals surface area contributed by atoms with Crippen molar-refractivity contribution in [2.45, 2.75) is 52.0 Å².